The zero-order chi connectivity index (χ0) is 23.2. The molecular weight excluding hydrogens is 440 g/mol. The number of amides is 2. The number of fused-ring (bicyclic) bond motifs is 1. The highest BCUT2D eigenvalue weighted by atomic mass is 32.1. The smallest absolute Gasteiger partial charge is 0.302 e. The lowest BCUT2D eigenvalue weighted by Crippen LogP contribution is -2.34. The second kappa shape index (κ2) is 9.92. The van der Waals surface area contributed by atoms with Crippen LogP contribution in [0.3, 0.4) is 0 Å². The van der Waals surface area contributed by atoms with Crippen LogP contribution >= 0.6 is 12.2 Å². The summed E-state index contributed by atoms with van der Waals surface area (Å²) < 4.78 is 11.4. The molecule has 166 valence electrons. The van der Waals surface area contributed by atoms with Gasteiger partial charge in [0.25, 0.3) is 5.91 Å². The standard InChI is InChI=1S/C24H20N4O4S/c1-15(29)25-18-10-11-20-21(13-18)32-23(26-20)28-24(33)27-22(30)17-8-5-9-19(12-17)31-14-16-6-3-2-4-7-16/h2-13H,14H2,1H3,(H,25,29)(H2,26,27,28,30,33). The van der Waals surface area contributed by atoms with Crippen molar-refractivity contribution in [3.8, 4) is 5.75 Å². The summed E-state index contributed by atoms with van der Waals surface area (Å²) in [5, 5.41) is 8.06. The van der Waals surface area contributed by atoms with E-state index in [0.717, 1.165) is 5.56 Å². The maximum absolute atomic E-state index is 12.6. The van der Waals surface area contributed by atoms with E-state index in [9.17, 15) is 9.59 Å². The Morgan fingerprint density at radius 1 is 1.00 bits per heavy atom. The van der Waals surface area contributed by atoms with E-state index in [1.165, 1.54) is 6.92 Å². The average molecular weight is 461 g/mol. The molecule has 0 saturated heterocycles. The molecule has 0 bridgehead atoms. The Hall–Kier alpha value is -4.24. The SMILES string of the molecule is CC(=O)Nc1ccc2nc(NC(=S)NC(=O)c3cccc(OCc4ccccc4)c3)oc2c1. The highest BCUT2D eigenvalue weighted by molar-refractivity contribution is 7.80. The Morgan fingerprint density at radius 2 is 1.82 bits per heavy atom. The normalized spacial score (nSPS) is 10.5. The monoisotopic (exact) mass is 460 g/mol. The minimum absolute atomic E-state index is 0.0317. The molecule has 0 saturated carbocycles. The number of carbonyl (C=O) groups is 2. The van der Waals surface area contributed by atoms with Crippen molar-refractivity contribution in [2.24, 2.45) is 0 Å². The van der Waals surface area contributed by atoms with Gasteiger partial charge in [-0.2, -0.15) is 4.98 Å². The Balaban J connectivity index is 1.36. The molecule has 3 aromatic carbocycles. The van der Waals surface area contributed by atoms with Gasteiger partial charge in [-0.3, -0.25) is 20.2 Å². The van der Waals surface area contributed by atoms with Crippen molar-refractivity contribution in [2.75, 3.05) is 10.6 Å². The van der Waals surface area contributed by atoms with Crippen molar-refractivity contribution in [1.29, 1.82) is 0 Å². The number of aromatic nitrogens is 1. The molecule has 0 aliphatic heterocycles. The minimum Gasteiger partial charge on any atom is -0.489 e. The zero-order valence-corrected chi connectivity index (χ0v) is 18.4. The summed E-state index contributed by atoms with van der Waals surface area (Å²) in [4.78, 5) is 28.1. The predicted octanol–water partition coefficient (Wildman–Crippen LogP) is 4.49. The molecule has 8 nitrogen and oxygen atoms in total. The van der Waals surface area contributed by atoms with Crippen LogP contribution in [0.15, 0.2) is 77.2 Å². The van der Waals surface area contributed by atoms with E-state index in [1.807, 2.05) is 30.3 Å². The van der Waals surface area contributed by atoms with Gasteiger partial charge < -0.3 is 14.5 Å². The van der Waals surface area contributed by atoms with E-state index in [2.05, 4.69) is 20.9 Å². The number of nitrogens with one attached hydrogen (secondary N) is 3. The summed E-state index contributed by atoms with van der Waals surface area (Å²) in [6, 6.07) is 21.8. The lowest BCUT2D eigenvalue weighted by atomic mass is 10.2. The third-order valence-electron chi connectivity index (χ3n) is 4.50. The minimum atomic E-state index is -0.401. The first-order valence-electron chi connectivity index (χ1n) is 10.0. The van der Waals surface area contributed by atoms with Crippen LogP contribution in [0.4, 0.5) is 11.7 Å². The van der Waals surface area contributed by atoms with Crippen LogP contribution in [0.25, 0.3) is 11.1 Å². The molecular formula is C24H20N4O4S. The number of oxazole rings is 1. The topological polar surface area (TPSA) is 105 Å². The second-order valence-corrected chi connectivity index (χ2v) is 7.50. The van der Waals surface area contributed by atoms with Crippen LogP contribution in [-0.4, -0.2) is 21.9 Å². The highest BCUT2D eigenvalue weighted by Crippen LogP contribution is 2.22. The first kappa shape index (κ1) is 22.0. The van der Waals surface area contributed by atoms with Crippen LogP contribution in [0, 0.1) is 0 Å². The van der Waals surface area contributed by atoms with Gasteiger partial charge in [-0.05, 0) is 48.1 Å². The summed E-state index contributed by atoms with van der Waals surface area (Å²) in [6.07, 6.45) is 0. The van der Waals surface area contributed by atoms with Gasteiger partial charge in [0.05, 0.1) is 0 Å². The second-order valence-electron chi connectivity index (χ2n) is 7.09. The van der Waals surface area contributed by atoms with Crippen LogP contribution in [0.2, 0.25) is 0 Å². The van der Waals surface area contributed by atoms with Gasteiger partial charge in [0.2, 0.25) is 5.91 Å². The number of benzene rings is 3. The number of rotatable bonds is 6. The number of ether oxygens (including phenoxy) is 1. The number of thiocarbonyl (C=S) groups is 1. The molecule has 1 aromatic heterocycles. The van der Waals surface area contributed by atoms with Gasteiger partial charge in [0.15, 0.2) is 10.7 Å². The average Bonchev–Trinajstić information content (AvgIpc) is 3.19. The van der Waals surface area contributed by atoms with Crippen LogP contribution in [-0.2, 0) is 11.4 Å². The molecule has 0 fully saturated rings. The Kier molecular flexibility index (Phi) is 6.61. The zero-order valence-electron chi connectivity index (χ0n) is 17.6. The molecule has 3 N–H and O–H groups in total. The third kappa shape index (κ3) is 5.92. The summed E-state index contributed by atoms with van der Waals surface area (Å²) in [6.45, 7) is 1.82. The van der Waals surface area contributed by atoms with Gasteiger partial charge in [0.1, 0.15) is 17.9 Å². The molecule has 0 unspecified atom stereocenters. The number of hydrogen-bond acceptors (Lipinski definition) is 6. The van der Waals surface area contributed by atoms with E-state index in [0.29, 0.717) is 34.7 Å². The number of hydrogen-bond donors (Lipinski definition) is 3. The molecule has 4 rings (SSSR count). The Labute approximate surface area is 195 Å². The first-order valence-corrected chi connectivity index (χ1v) is 10.4. The predicted molar refractivity (Wildman–Crippen MR) is 129 cm³/mol. The molecule has 0 aliphatic carbocycles. The number of anilines is 2. The van der Waals surface area contributed by atoms with Crippen LogP contribution < -0.4 is 20.7 Å². The van der Waals surface area contributed by atoms with E-state index < -0.39 is 5.91 Å². The van der Waals surface area contributed by atoms with E-state index >= 15 is 0 Å². The van der Waals surface area contributed by atoms with E-state index in [1.54, 1.807) is 42.5 Å². The molecule has 0 atom stereocenters. The third-order valence-corrected chi connectivity index (χ3v) is 4.71. The lowest BCUT2D eigenvalue weighted by molar-refractivity contribution is -0.114. The molecule has 4 aromatic rings. The molecule has 0 aliphatic rings. The van der Waals surface area contributed by atoms with Crippen molar-refractivity contribution >= 4 is 51.9 Å². The number of nitrogens with zero attached hydrogens (tertiary/aromatic N) is 1. The van der Waals surface area contributed by atoms with Crippen molar-refractivity contribution in [3.63, 3.8) is 0 Å². The molecule has 9 heteroatoms. The van der Waals surface area contributed by atoms with Gasteiger partial charge in [-0.1, -0.05) is 36.4 Å². The molecule has 2 amide bonds. The van der Waals surface area contributed by atoms with E-state index in [4.69, 9.17) is 21.4 Å². The highest BCUT2D eigenvalue weighted by Gasteiger charge is 2.12. The van der Waals surface area contributed by atoms with Crippen molar-refractivity contribution < 1.29 is 18.7 Å². The van der Waals surface area contributed by atoms with Gasteiger partial charge in [0, 0.05) is 24.2 Å². The van der Waals surface area contributed by atoms with Gasteiger partial charge in [-0.15, -0.1) is 0 Å². The van der Waals surface area contributed by atoms with E-state index in [-0.39, 0.29) is 17.0 Å². The molecule has 1 heterocycles. The fourth-order valence-corrected chi connectivity index (χ4v) is 3.21. The fourth-order valence-electron chi connectivity index (χ4n) is 3.03. The van der Waals surface area contributed by atoms with Crippen molar-refractivity contribution in [1.82, 2.24) is 10.3 Å². The molecule has 0 spiro atoms. The Bertz CT molecular complexity index is 1320. The maximum Gasteiger partial charge on any atom is 0.302 e. The fraction of sp³-hybridized carbons (Fsp3) is 0.0833. The van der Waals surface area contributed by atoms with Crippen molar-refractivity contribution in [2.45, 2.75) is 13.5 Å². The molecule has 0 radical (unpaired) electrons. The van der Waals surface area contributed by atoms with Crippen LogP contribution in [0.5, 0.6) is 5.75 Å². The lowest BCUT2D eigenvalue weighted by Gasteiger charge is -2.09. The number of carbonyl (C=O) groups excluding carboxylic acids is 2. The first-order chi connectivity index (χ1) is 16.0. The molecule has 33 heavy (non-hydrogen) atoms. The summed E-state index contributed by atoms with van der Waals surface area (Å²) in [7, 11) is 0. The maximum atomic E-state index is 12.6. The van der Waals surface area contributed by atoms with Crippen LogP contribution in [0.1, 0.15) is 22.8 Å². The Morgan fingerprint density at radius 3 is 2.61 bits per heavy atom. The quantitative estimate of drug-likeness (QED) is 0.364. The van der Waals surface area contributed by atoms with Gasteiger partial charge >= 0.3 is 6.01 Å². The summed E-state index contributed by atoms with van der Waals surface area (Å²) in [5.41, 5.74) is 3.04. The summed E-state index contributed by atoms with van der Waals surface area (Å²) >= 11 is 5.22. The summed E-state index contributed by atoms with van der Waals surface area (Å²) in [5.74, 6) is -0.0216. The van der Waals surface area contributed by atoms with Crippen molar-refractivity contribution in [3.05, 3.63) is 83.9 Å². The van der Waals surface area contributed by atoms with Gasteiger partial charge in [-0.25, -0.2) is 0 Å². The largest absolute Gasteiger partial charge is 0.489 e.